The molecule has 0 saturated heterocycles. The second-order valence-electron chi connectivity index (χ2n) is 8.18. The third kappa shape index (κ3) is 5.19. The van der Waals surface area contributed by atoms with Crippen molar-refractivity contribution < 1.29 is 13.2 Å². The summed E-state index contributed by atoms with van der Waals surface area (Å²) < 4.78 is 28.4. The summed E-state index contributed by atoms with van der Waals surface area (Å²) in [5, 5.41) is 2.95. The van der Waals surface area contributed by atoms with Crippen LogP contribution in [0.5, 0.6) is 0 Å². The van der Waals surface area contributed by atoms with Crippen LogP contribution in [0, 0.1) is 27.7 Å². The Bertz CT molecular complexity index is 1210. The number of sulfonamides is 1. The van der Waals surface area contributed by atoms with Gasteiger partial charge >= 0.3 is 0 Å². The zero-order valence-corrected chi connectivity index (χ0v) is 20.1. The number of anilines is 2. The first kappa shape index (κ1) is 23.5. The van der Waals surface area contributed by atoms with Crippen LogP contribution in [0.2, 0.25) is 0 Å². The standard InChI is InChI=1S/C26H30N2O3S/c1-6-22-9-7-8-21(5)26(22)27-25(29)17-28(23-15-19(3)14-20(4)16-23)32(30,31)24-12-10-18(2)11-13-24/h7-16H,6,17H2,1-5H3,(H,27,29). The molecule has 0 aromatic heterocycles. The van der Waals surface area contributed by atoms with E-state index in [0.29, 0.717) is 5.69 Å². The summed E-state index contributed by atoms with van der Waals surface area (Å²) in [5.74, 6) is -0.385. The van der Waals surface area contributed by atoms with Gasteiger partial charge in [-0.05, 0) is 80.6 Å². The Kier molecular flexibility index (Phi) is 7.04. The van der Waals surface area contributed by atoms with Crippen molar-refractivity contribution in [2.75, 3.05) is 16.2 Å². The summed E-state index contributed by atoms with van der Waals surface area (Å²) >= 11 is 0. The van der Waals surface area contributed by atoms with E-state index >= 15 is 0 Å². The number of nitrogens with zero attached hydrogens (tertiary/aromatic N) is 1. The lowest BCUT2D eigenvalue weighted by Crippen LogP contribution is -2.38. The Morgan fingerprint density at radius 3 is 2.09 bits per heavy atom. The largest absolute Gasteiger partial charge is 0.324 e. The molecule has 0 heterocycles. The predicted molar refractivity (Wildman–Crippen MR) is 131 cm³/mol. The van der Waals surface area contributed by atoms with Gasteiger partial charge in [-0.25, -0.2) is 8.42 Å². The highest BCUT2D eigenvalue weighted by molar-refractivity contribution is 7.92. The Balaban J connectivity index is 2.02. The van der Waals surface area contributed by atoms with Crippen LogP contribution < -0.4 is 9.62 Å². The van der Waals surface area contributed by atoms with E-state index in [4.69, 9.17) is 0 Å². The molecule has 0 unspecified atom stereocenters. The van der Waals surface area contributed by atoms with Gasteiger partial charge in [0.15, 0.2) is 0 Å². The molecule has 0 aliphatic rings. The average Bonchev–Trinajstić information content (AvgIpc) is 2.73. The number of rotatable bonds is 7. The first-order valence-corrected chi connectivity index (χ1v) is 12.1. The van der Waals surface area contributed by atoms with E-state index in [-0.39, 0.29) is 17.3 Å². The molecule has 3 aromatic rings. The van der Waals surface area contributed by atoms with Gasteiger partial charge in [-0.2, -0.15) is 0 Å². The van der Waals surface area contributed by atoms with Crippen LogP contribution >= 0.6 is 0 Å². The minimum atomic E-state index is -3.95. The van der Waals surface area contributed by atoms with Crippen molar-refractivity contribution in [3.8, 4) is 0 Å². The Labute approximate surface area is 191 Å². The van der Waals surface area contributed by atoms with E-state index in [2.05, 4.69) is 5.32 Å². The summed E-state index contributed by atoms with van der Waals surface area (Å²) in [5.41, 5.74) is 5.99. The third-order valence-electron chi connectivity index (χ3n) is 5.40. The van der Waals surface area contributed by atoms with Crippen molar-refractivity contribution in [2.24, 2.45) is 0 Å². The predicted octanol–water partition coefficient (Wildman–Crippen LogP) is 5.32. The second-order valence-corrected chi connectivity index (χ2v) is 10.0. The summed E-state index contributed by atoms with van der Waals surface area (Å²) in [6.45, 7) is 9.35. The lowest BCUT2D eigenvalue weighted by atomic mass is 10.1. The monoisotopic (exact) mass is 450 g/mol. The number of amides is 1. The van der Waals surface area contributed by atoms with Gasteiger partial charge in [0.2, 0.25) is 5.91 Å². The van der Waals surface area contributed by atoms with Crippen LogP contribution in [0.1, 0.15) is 34.7 Å². The quantitative estimate of drug-likeness (QED) is 0.530. The summed E-state index contributed by atoms with van der Waals surface area (Å²) in [6, 6.07) is 18.1. The van der Waals surface area contributed by atoms with E-state index in [9.17, 15) is 13.2 Å². The fourth-order valence-corrected chi connectivity index (χ4v) is 5.16. The van der Waals surface area contributed by atoms with E-state index in [1.165, 1.54) is 4.31 Å². The summed E-state index contributed by atoms with van der Waals surface area (Å²) in [4.78, 5) is 13.3. The van der Waals surface area contributed by atoms with E-state index < -0.39 is 10.0 Å². The minimum absolute atomic E-state index is 0.153. The van der Waals surface area contributed by atoms with Crippen LogP contribution in [-0.4, -0.2) is 20.9 Å². The van der Waals surface area contributed by atoms with Gasteiger partial charge in [0, 0.05) is 5.69 Å². The molecule has 0 saturated carbocycles. The third-order valence-corrected chi connectivity index (χ3v) is 7.18. The fourth-order valence-electron chi connectivity index (χ4n) is 3.76. The molecule has 32 heavy (non-hydrogen) atoms. The van der Waals surface area contributed by atoms with Gasteiger partial charge in [-0.1, -0.05) is 48.9 Å². The molecule has 0 atom stereocenters. The number of nitrogens with one attached hydrogen (secondary N) is 1. The summed E-state index contributed by atoms with van der Waals surface area (Å²) in [6.07, 6.45) is 0.764. The van der Waals surface area contributed by atoms with Crippen LogP contribution in [0.3, 0.4) is 0 Å². The number of benzene rings is 3. The van der Waals surface area contributed by atoms with Crippen molar-refractivity contribution in [3.63, 3.8) is 0 Å². The van der Waals surface area contributed by atoms with E-state index in [1.54, 1.807) is 36.4 Å². The molecule has 0 spiro atoms. The molecule has 1 N–H and O–H groups in total. The topological polar surface area (TPSA) is 66.5 Å². The van der Waals surface area contributed by atoms with Crippen LogP contribution in [-0.2, 0) is 21.2 Å². The first-order chi connectivity index (χ1) is 15.1. The molecular formula is C26H30N2O3S. The van der Waals surface area contributed by atoms with Crippen molar-refractivity contribution in [1.82, 2.24) is 0 Å². The molecule has 3 rings (SSSR count). The van der Waals surface area contributed by atoms with Gasteiger partial charge in [0.1, 0.15) is 6.54 Å². The zero-order valence-electron chi connectivity index (χ0n) is 19.3. The van der Waals surface area contributed by atoms with Gasteiger partial charge in [-0.15, -0.1) is 0 Å². The zero-order chi connectivity index (χ0) is 23.5. The Morgan fingerprint density at radius 2 is 1.50 bits per heavy atom. The normalized spacial score (nSPS) is 11.3. The maximum Gasteiger partial charge on any atom is 0.264 e. The van der Waals surface area contributed by atoms with Crippen LogP contribution in [0.4, 0.5) is 11.4 Å². The molecule has 5 nitrogen and oxygen atoms in total. The van der Waals surface area contributed by atoms with Gasteiger partial charge < -0.3 is 5.32 Å². The molecule has 168 valence electrons. The molecule has 0 fully saturated rings. The fraction of sp³-hybridized carbons (Fsp3) is 0.269. The van der Waals surface area contributed by atoms with E-state index in [1.807, 2.05) is 58.9 Å². The highest BCUT2D eigenvalue weighted by atomic mass is 32.2. The molecule has 6 heteroatoms. The highest BCUT2D eigenvalue weighted by Crippen LogP contribution is 2.27. The number of aryl methyl sites for hydroxylation is 5. The van der Waals surface area contributed by atoms with Gasteiger partial charge in [0.25, 0.3) is 10.0 Å². The minimum Gasteiger partial charge on any atom is -0.324 e. The molecule has 0 bridgehead atoms. The smallest absolute Gasteiger partial charge is 0.264 e. The van der Waals surface area contributed by atoms with Crippen molar-refractivity contribution in [3.05, 3.63) is 88.5 Å². The molecule has 0 aliphatic carbocycles. The van der Waals surface area contributed by atoms with Gasteiger partial charge in [0.05, 0.1) is 10.6 Å². The van der Waals surface area contributed by atoms with Gasteiger partial charge in [-0.3, -0.25) is 9.10 Å². The molecule has 0 radical (unpaired) electrons. The van der Waals surface area contributed by atoms with Crippen LogP contribution in [0.15, 0.2) is 65.6 Å². The second kappa shape index (κ2) is 9.57. The van der Waals surface area contributed by atoms with Crippen molar-refractivity contribution in [1.29, 1.82) is 0 Å². The molecule has 0 aliphatic heterocycles. The number of para-hydroxylation sites is 1. The maximum atomic E-state index is 13.6. The lowest BCUT2D eigenvalue weighted by molar-refractivity contribution is -0.114. The highest BCUT2D eigenvalue weighted by Gasteiger charge is 2.28. The van der Waals surface area contributed by atoms with Crippen LogP contribution in [0.25, 0.3) is 0 Å². The Hall–Kier alpha value is -3.12. The first-order valence-electron chi connectivity index (χ1n) is 10.7. The number of hydrogen-bond donors (Lipinski definition) is 1. The lowest BCUT2D eigenvalue weighted by Gasteiger charge is -2.25. The number of hydrogen-bond acceptors (Lipinski definition) is 3. The van der Waals surface area contributed by atoms with E-state index in [0.717, 1.165) is 39.9 Å². The number of carbonyl (C=O) groups excluding carboxylic acids is 1. The van der Waals surface area contributed by atoms with Crippen molar-refractivity contribution in [2.45, 2.75) is 45.9 Å². The molecular weight excluding hydrogens is 420 g/mol. The molecule has 3 aromatic carbocycles. The Morgan fingerprint density at radius 1 is 0.875 bits per heavy atom. The SMILES string of the molecule is CCc1cccc(C)c1NC(=O)CN(c1cc(C)cc(C)c1)S(=O)(=O)c1ccc(C)cc1. The molecule has 1 amide bonds. The maximum absolute atomic E-state index is 13.6. The average molecular weight is 451 g/mol. The summed E-state index contributed by atoms with van der Waals surface area (Å²) in [7, 11) is -3.95. The number of carbonyl (C=O) groups is 1. The van der Waals surface area contributed by atoms with Crippen molar-refractivity contribution >= 4 is 27.3 Å².